The lowest BCUT2D eigenvalue weighted by molar-refractivity contribution is -0.124. The molecule has 1 amide bonds. The van der Waals surface area contributed by atoms with Gasteiger partial charge in [0.2, 0.25) is 5.91 Å². The van der Waals surface area contributed by atoms with Gasteiger partial charge in [0, 0.05) is 30.1 Å². The van der Waals surface area contributed by atoms with E-state index in [0.717, 1.165) is 18.6 Å². The minimum absolute atomic E-state index is 0.00300. The molecule has 5 atom stereocenters. The van der Waals surface area contributed by atoms with Crippen LogP contribution in [-0.2, 0) is 15.0 Å². The molecular weight excluding hydrogens is 545 g/mol. The molecule has 10 heteroatoms. The summed E-state index contributed by atoms with van der Waals surface area (Å²) in [6, 6.07) is 4.61. The number of hydrogen-bond donors (Lipinski definition) is 3. The maximum Gasteiger partial charge on any atom is 0.237 e. The quantitative estimate of drug-likeness (QED) is 0.353. The summed E-state index contributed by atoms with van der Waals surface area (Å²) in [5.74, 6) is -5.04. The zero-order chi connectivity index (χ0) is 29.6. The van der Waals surface area contributed by atoms with Gasteiger partial charge in [-0.15, -0.1) is 0 Å². The van der Waals surface area contributed by atoms with Crippen molar-refractivity contribution in [1.82, 2.24) is 4.90 Å². The molecule has 0 aliphatic carbocycles. The molecular formula is C30H36ClF3N2O4. The number of benzene rings is 2. The van der Waals surface area contributed by atoms with Gasteiger partial charge in [-0.05, 0) is 55.0 Å². The topological polar surface area (TPSA) is 89.9 Å². The number of ketones is 1. The van der Waals surface area contributed by atoms with Crippen molar-refractivity contribution in [2.24, 2.45) is 5.41 Å². The summed E-state index contributed by atoms with van der Waals surface area (Å²) in [5.41, 5.74) is -1.66. The molecule has 2 aromatic carbocycles. The third kappa shape index (κ3) is 5.06. The fourth-order valence-electron chi connectivity index (χ4n) is 6.50. The first-order valence-corrected chi connectivity index (χ1v) is 14.0. The molecule has 1 fully saturated rings. The van der Waals surface area contributed by atoms with Gasteiger partial charge in [-0.2, -0.15) is 0 Å². The van der Waals surface area contributed by atoms with Crippen LogP contribution in [0.3, 0.4) is 0 Å². The summed E-state index contributed by atoms with van der Waals surface area (Å²) >= 11 is 6.20. The molecule has 3 N–H and O–H groups in total. The van der Waals surface area contributed by atoms with Crippen molar-refractivity contribution in [3.05, 3.63) is 63.9 Å². The highest BCUT2D eigenvalue weighted by Gasteiger charge is 2.68. The van der Waals surface area contributed by atoms with Crippen molar-refractivity contribution in [1.29, 1.82) is 0 Å². The van der Waals surface area contributed by atoms with Crippen LogP contribution < -0.4 is 5.32 Å². The Morgan fingerprint density at radius 2 is 1.90 bits per heavy atom. The van der Waals surface area contributed by atoms with Crippen LogP contribution in [0.25, 0.3) is 0 Å². The van der Waals surface area contributed by atoms with Gasteiger partial charge in [0.15, 0.2) is 17.4 Å². The second-order valence-corrected chi connectivity index (χ2v) is 12.2. The number of aliphatic hydroxyl groups is 2. The van der Waals surface area contributed by atoms with E-state index in [2.05, 4.69) is 5.32 Å². The van der Waals surface area contributed by atoms with Crippen LogP contribution in [0.5, 0.6) is 0 Å². The molecule has 0 unspecified atom stereocenters. The van der Waals surface area contributed by atoms with Gasteiger partial charge in [0.25, 0.3) is 0 Å². The van der Waals surface area contributed by atoms with Crippen LogP contribution in [0, 0.1) is 22.9 Å². The second-order valence-electron chi connectivity index (χ2n) is 11.8. The van der Waals surface area contributed by atoms with Crippen molar-refractivity contribution >= 4 is 29.0 Å². The molecule has 2 aliphatic heterocycles. The van der Waals surface area contributed by atoms with Crippen molar-refractivity contribution in [3.63, 3.8) is 0 Å². The molecule has 2 aromatic rings. The number of likely N-dealkylation sites (tertiary alicyclic amines) is 1. The summed E-state index contributed by atoms with van der Waals surface area (Å²) in [6.45, 7) is 5.61. The number of likely N-dealkylation sites (N-methyl/N-ethyl adjacent to an activating group) is 1. The van der Waals surface area contributed by atoms with Gasteiger partial charge in [0.1, 0.15) is 11.2 Å². The number of carbonyl (C=O) groups is 2. The number of amides is 1. The van der Waals surface area contributed by atoms with E-state index in [1.807, 2.05) is 20.8 Å². The maximum atomic E-state index is 15.8. The maximum absolute atomic E-state index is 15.8. The summed E-state index contributed by atoms with van der Waals surface area (Å²) in [4.78, 5) is 29.9. The molecule has 2 heterocycles. The molecule has 40 heavy (non-hydrogen) atoms. The van der Waals surface area contributed by atoms with Crippen molar-refractivity contribution in [2.75, 3.05) is 19.0 Å². The van der Waals surface area contributed by atoms with Crippen LogP contribution in [0.4, 0.5) is 18.9 Å². The number of aliphatic hydroxyl groups excluding tert-OH is 2. The largest absolute Gasteiger partial charge is 0.394 e. The van der Waals surface area contributed by atoms with E-state index in [0.29, 0.717) is 6.42 Å². The molecule has 4 rings (SSSR count). The third-order valence-electron chi connectivity index (χ3n) is 8.91. The highest BCUT2D eigenvalue weighted by Crippen LogP contribution is 2.60. The minimum Gasteiger partial charge on any atom is -0.394 e. The highest BCUT2D eigenvalue weighted by atomic mass is 35.5. The van der Waals surface area contributed by atoms with Crippen LogP contribution in [0.2, 0.25) is 5.02 Å². The Labute approximate surface area is 237 Å². The average Bonchev–Trinajstić information content (AvgIpc) is 3.31. The predicted molar refractivity (Wildman–Crippen MR) is 147 cm³/mol. The lowest BCUT2D eigenvalue weighted by Crippen LogP contribution is -2.50. The zero-order valence-electron chi connectivity index (χ0n) is 23.1. The van der Waals surface area contributed by atoms with E-state index in [4.69, 9.17) is 11.6 Å². The fraction of sp³-hybridized carbons (Fsp3) is 0.533. The van der Waals surface area contributed by atoms with Crippen molar-refractivity contribution < 1.29 is 33.0 Å². The standard InChI is InChI=1S/C30H36ClF3N2O4/c1-5-29(2,3)14-24-30(18-12-20(32)21(33)13-22(18)35-28(30)40)25(17-9-7-10-19(31)26(17)34)27(36(24)4)23(39)11-6-8-16(38)15-37/h7,9-10,12-13,16,24-25,27,37-38H,5-6,8,11,14-15H2,1-4H3,(H,35,40)/t16-,24+,25-,27-,30-/m0/s1. The zero-order valence-corrected chi connectivity index (χ0v) is 23.9. The summed E-state index contributed by atoms with van der Waals surface area (Å²) in [7, 11) is 1.71. The Hall–Kier alpha value is -2.46. The number of hydrogen-bond acceptors (Lipinski definition) is 5. The van der Waals surface area contributed by atoms with Gasteiger partial charge in [-0.3, -0.25) is 14.5 Å². The first kappa shape index (κ1) is 30.5. The summed E-state index contributed by atoms with van der Waals surface area (Å²) < 4.78 is 45.0. The lowest BCUT2D eigenvalue weighted by Gasteiger charge is -2.39. The molecule has 1 saturated heterocycles. The number of nitrogens with zero attached hydrogens (tertiary/aromatic N) is 1. The smallest absolute Gasteiger partial charge is 0.237 e. The third-order valence-corrected chi connectivity index (χ3v) is 9.20. The number of fused-ring (bicyclic) bond motifs is 2. The van der Waals surface area contributed by atoms with Crippen LogP contribution in [-0.4, -0.2) is 58.6 Å². The Morgan fingerprint density at radius 3 is 2.55 bits per heavy atom. The SMILES string of the molecule is CCC(C)(C)C[C@H]1N(C)[C@@H](C(=O)CCC[C@H](O)CO)[C@H](c2cccc(Cl)c2F)[C@@]12C(=O)Nc1cc(F)c(F)cc12. The minimum atomic E-state index is -1.64. The highest BCUT2D eigenvalue weighted by molar-refractivity contribution is 6.30. The van der Waals surface area contributed by atoms with E-state index in [1.54, 1.807) is 11.9 Å². The van der Waals surface area contributed by atoms with E-state index in [1.165, 1.54) is 18.2 Å². The predicted octanol–water partition coefficient (Wildman–Crippen LogP) is 5.33. The van der Waals surface area contributed by atoms with Gasteiger partial charge >= 0.3 is 0 Å². The number of anilines is 1. The van der Waals surface area contributed by atoms with E-state index in [9.17, 15) is 28.6 Å². The lowest BCUT2D eigenvalue weighted by atomic mass is 9.61. The number of rotatable bonds is 10. The van der Waals surface area contributed by atoms with E-state index < -0.39 is 59.5 Å². The molecule has 0 radical (unpaired) electrons. The van der Waals surface area contributed by atoms with Crippen molar-refractivity contribution in [2.45, 2.75) is 82.4 Å². The molecule has 6 nitrogen and oxygen atoms in total. The van der Waals surface area contributed by atoms with E-state index in [-0.39, 0.29) is 52.3 Å². The molecule has 0 aromatic heterocycles. The molecule has 2 aliphatic rings. The molecule has 0 saturated carbocycles. The molecule has 1 spiro atoms. The second kappa shape index (κ2) is 11.4. The van der Waals surface area contributed by atoms with Crippen LogP contribution in [0.15, 0.2) is 30.3 Å². The van der Waals surface area contributed by atoms with E-state index >= 15 is 4.39 Å². The Kier molecular flexibility index (Phi) is 8.72. The summed E-state index contributed by atoms with van der Waals surface area (Å²) in [5, 5.41) is 21.5. The van der Waals surface area contributed by atoms with Crippen molar-refractivity contribution in [3.8, 4) is 0 Å². The number of Topliss-reactive ketones (excluding diaryl/α,β-unsaturated/α-hetero) is 1. The first-order valence-electron chi connectivity index (χ1n) is 13.6. The fourth-order valence-corrected chi connectivity index (χ4v) is 6.68. The Bertz CT molecular complexity index is 1310. The van der Waals surface area contributed by atoms with Gasteiger partial charge in [-0.25, -0.2) is 13.2 Å². The molecule has 218 valence electrons. The number of carbonyl (C=O) groups excluding carboxylic acids is 2. The van der Waals surface area contributed by atoms with Gasteiger partial charge in [0.05, 0.1) is 23.8 Å². The Morgan fingerprint density at radius 1 is 1.23 bits per heavy atom. The van der Waals surface area contributed by atoms with Crippen LogP contribution >= 0.6 is 11.6 Å². The van der Waals surface area contributed by atoms with Gasteiger partial charge < -0.3 is 15.5 Å². The van der Waals surface area contributed by atoms with Gasteiger partial charge in [-0.1, -0.05) is 50.9 Å². The van der Waals surface area contributed by atoms with Crippen LogP contribution in [0.1, 0.15) is 69.9 Å². The molecule has 0 bridgehead atoms. The number of nitrogens with one attached hydrogen (secondary N) is 1. The number of halogens is 4. The Balaban J connectivity index is 1.98. The first-order chi connectivity index (χ1) is 18.8. The monoisotopic (exact) mass is 580 g/mol. The average molecular weight is 581 g/mol. The summed E-state index contributed by atoms with van der Waals surface area (Å²) in [6.07, 6.45) is 0.587. The normalized spacial score (nSPS) is 25.4.